The maximum absolute atomic E-state index is 12.4. The zero-order valence-corrected chi connectivity index (χ0v) is 19.0. The number of sulfone groups is 1. The molecular formula is C21H27N7O2S. The van der Waals surface area contributed by atoms with Crippen molar-refractivity contribution >= 4 is 38.8 Å². The predicted octanol–water partition coefficient (Wildman–Crippen LogP) is 3.62. The fourth-order valence-corrected chi connectivity index (χ4v) is 4.76. The fraction of sp³-hybridized carbons (Fsp3) is 0.381. The van der Waals surface area contributed by atoms with Crippen molar-refractivity contribution in [1.82, 2.24) is 20.2 Å². The average Bonchev–Trinajstić information content (AvgIpc) is 3.35. The van der Waals surface area contributed by atoms with Crippen LogP contribution in [0.15, 0.2) is 29.3 Å². The lowest BCUT2D eigenvalue weighted by atomic mass is 10.1. The molecule has 0 amide bonds. The van der Waals surface area contributed by atoms with Crippen molar-refractivity contribution < 1.29 is 8.42 Å². The van der Waals surface area contributed by atoms with E-state index in [2.05, 4.69) is 35.7 Å². The molecule has 4 rings (SSSR count). The highest BCUT2D eigenvalue weighted by Gasteiger charge is 2.21. The van der Waals surface area contributed by atoms with Crippen LogP contribution < -0.4 is 15.5 Å². The molecule has 1 aliphatic rings. The first-order valence-corrected chi connectivity index (χ1v) is 12.1. The number of aromatic nitrogens is 4. The molecule has 3 N–H and O–H groups in total. The lowest BCUT2D eigenvalue weighted by Gasteiger charge is -2.23. The molecule has 1 aliphatic heterocycles. The first-order valence-electron chi connectivity index (χ1n) is 10.2. The van der Waals surface area contributed by atoms with Crippen LogP contribution in [-0.2, 0) is 9.84 Å². The summed E-state index contributed by atoms with van der Waals surface area (Å²) >= 11 is 0. The highest BCUT2D eigenvalue weighted by molar-refractivity contribution is 7.90. The minimum Gasteiger partial charge on any atom is -0.371 e. The van der Waals surface area contributed by atoms with Gasteiger partial charge in [-0.25, -0.2) is 13.4 Å². The predicted molar refractivity (Wildman–Crippen MR) is 122 cm³/mol. The van der Waals surface area contributed by atoms with Crippen molar-refractivity contribution in [2.75, 3.05) is 34.9 Å². The third-order valence-corrected chi connectivity index (χ3v) is 6.81. The van der Waals surface area contributed by atoms with Gasteiger partial charge >= 0.3 is 0 Å². The van der Waals surface area contributed by atoms with Crippen LogP contribution in [0.2, 0.25) is 0 Å². The van der Waals surface area contributed by atoms with E-state index in [0.717, 1.165) is 48.4 Å². The summed E-state index contributed by atoms with van der Waals surface area (Å²) in [4.78, 5) is 11.3. The van der Waals surface area contributed by atoms with E-state index in [0.29, 0.717) is 28.2 Å². The van der Waals surface area contributed by atoms with Gasteiger partial charge in [-0.15, -0.1) is 0 Å². The number of anilines is 5. The van der Waals surface area contributed by atoms with Crippen molar-refractivity contribution in [3.05, 3.63) is 41.2 Å². The van der Waals surface area contributed by atoms with Gasteiger partial charge in [-0.05, 0) is 57.4 Å². The number of nitrogens with one attached hydrogen (secondary N) is 3. The third kappa shape index (κ3) is 4.48. The van der Waals surface area contributed by atoms with Crippen LogP contribution in [0.3, 0.4) is 0 Å². The quantitative estimate of drug-likeness (QED) is 0.531. The smallest absolute Gasteiger partial charge is 0.229 e. The van der Waals surface area contributed by atoms with Gasteiger partial charge in [0.25, 0.3) is 0 Å². The van der Waals surface area contributed by atoms with Gasteiger partial charge in [0.15, 0.2) is 15.7 Å². The van der Waals surface area contributed by atoms with E-state index in [4.69, 9.17) is 0 Å². The molecule has 1 saturated heterocycles. The van der Waals surface area contributed by atoms with Crippen molar-refractivity contribution in [2.24, 2.45) is 0 Å². The fourth-order valence-electron chi connectivity index (χ4n) is 3.76. The van der Waals surface area contributed by atoms with Gasteiger partial charge in [0.05, 0.1) is 4.90 Å². The number of rotatable bonds is 6. The van der Waals surface area contributed by atoms with E-state index in [1.54, 1.807) is 18.3 Å². The second kappa shape index (κ2) is 8.18. The summed E-state index contributed by atoms with van der Waals surface area (Å²) < 4.78 is 24.8. The van der Waals surface area contributed by atoms with Gasteiger partial charge in [0, 0.05) is 48.2 Å². The van der Waals surface area contributed by atoms with E-state index in [1.807, 2.05) is 26.8 Å². The van der Waals surface area contributed by atoms with E-state index in [9.17, 15) is 8.42 Å². The number of nitrogens with zero attached hydrogens (tertiary/aromatic N) is 4. The lowest BCUT2D eigenvalue weighted by molar-refractivity contribution is 0.601. The second-order valence-corrected chi connectivity index (χ2v) is 9.91. The minimum absolute atomic E-state index is 0.316. The monoisotopic (exact) mass is 441 g/mol. The number of hydrogen-bond donors (Lipinski definition) is 3. The summed E-state index contributed by atoms with van der Waals surface area (Å²) in [5.41, 5.74) is 4.34. The van der Waals surface area contributed by atoms with Crippen LogP contribution in [0.4, 0.5) is 29.0 Å². The van der Waals surface area contributed by atoms with Crippen molar-refractivity contribution in [3.8, 4) is 0 Å². The Bertz CT molecular complexity index is 1210. The number of H-pyrrole nitrogens is 1. The van der Waals surface area contributed by atoms with Gasteiger partial charge < -0.3 is 15.5 Å². The normalized spacial score (nSPS) is 14.1. The number of benzene rings is 1. The second-order valence-electron chi connectivity index (χ2n) is 7.92. The highest BCUT2D eigenvalue weighted by Crippen LogP contribution is 2.33. The maximum atomic E-state index is 12.4. The first kappa shape index (κ1) is 21.1. The molecule has 0 aliphatic carbocycles. The highest BCUT2D eigenvalue weighted by atomic mass is 32.2. The minimum atomic E-state index is -3.38. The molecule has 31 heavy (non-hydrogen) atoms. The van der Waals surface area contributed by atoms with Gasteiger partial charge in [-0.2, -0.15) is 10.1 Å². The van der Waals surface area contributed by atoms with Gasteiger partial charge in [-0.3, -0.25) is 5.10 Å². The Labute approximate surface area is 182 Å². The van der Waals surface area contributed by atoms with Crippen LogP contribution in [0, 0.1) is 20.8 Å². The molecule has 9 nitrogen and oxygen atoms in total. The summed E-state index contributed by atoms with van der Waals surface area (Å²) in [5.74, 6) is 1.65. The number of aromatic amines is 1. The molecule has 0 unspecified atom stereocenters. The first-order chi connectivity index (χ1) is 14.7. The average molecular weight is 442 g/mol. The molecule has 0 radical (unpaired) electrons. The third-order valence-electron chi connectivity index (χ3n) is 5.59. The largest absolute Gasteiger partial charge is 0.371 e. The molecule has 0 saturated carbocycles. The van der Waals surface area contributed by atoms with Crippen LogP contribution in [0.1, 0.15) is 29.7 Å². The Kier molecular flexibility index (Phi) is 5.57. The SMILES string of the molecule is Cc1[nH]nc(Nc2ccnc(Nc3cc(N4CCCC4)c(C)c(S(C)(=O)=O)c3)n2)c1C. The van der Waals surface area contributed by atoms with Crippen LogP contribution >= 0.6 is 0 Å². The van der Waals surface area contributed by atoms with E-state index < -0.39 is 9.84 Å². The Morgan fingerprint density at radius 3 is 2.45 bits per heavy atom. The Morgan fingerprint density at radius 2 is 1.81 bits per heavy atom. The zero-order valence-electron chi connectivity index (χ0n) is 18.2. The number of aryl methyl sites for hydroxylation is 1. The van der Waals surface area contributed by atoms with Crippen LogP contribution in [0.5, 0.6) is 0 Å². The topological polar surface area (TPSA) is 116 Å². The van der Waals surface area contributed by atoms with E-state index in [-0.39, 0.29) is 0 Å². The van der Waals surface area contributed by atoms with Gasteiger partial charge in [-0.1, -0.05) is 0 Å². The zero-order chi connectivity index (χ0) is 22.2. The maximum Gasteiger partial charge on any atom is 0.229 e. The molecule has 1 fully saturated rings. The van der Waals surface area contributed by atoms with Crippen molar-refractivity contribution in [1.29, 1.82) is 0 Å². The van der Waals surface area contributed by atoms with E-state index >= 15 is 0 Å². The van der Waals surface area contributed by atoms with Gasteiger partial charge in [0.2, 0.25) is 5.95 Å². The van der Waals surface area contributed by atoms with Crippen molar-refractivity contribution in [3.63, 3.8) is 0 Å². The molecule has 3 heterocycles. The molecule has 1 aromatic carbocycles. The Balaban J connectivity index is 1.66. The Hall–Kier alpha value is -3.14. The summed E-state index contributed by atoms with van der Waals surface area (Å²) in [6.07, 6.45) is 5.09. The summed E-state index contributed by atoms with van der Waals surface area (Å²) in [7, 11) is -3.38. The molecule has 10 heteroatoms. The molecule has 0 bridgehead atoms. The lowest BCUT2D eigenvalue weighted by Crippen LogP contribution is -2.20. The standard InChI is InChI=1S/C21H27N7O2S/c1-13-15(3)26-27-20(13)24-19-7-8-22-21(25-19)23-16-11-17(28-9-5-6-10-28)14(2)18(12-16)31(4,29)30/h7-8,11-12H,5-6,9-10H2,1-4H3,(H3,22,23,24,25,26,27). The molecule has 3 aromatic rings. The molecular weight excluding hydrogens is 414 g/mol. The van der Waals surface area contributed by atoms with Crippen molar-refractivity contribution in [2.45, 2.75) is 38.5 Å². The van der Waals surface area contributed by atoms with Gasteiger partial charge in [0.1, 0.15) is 5.82 Å². The summed E-state index contributed by atoms with van der Waals surface area (Å²) in [5, 5.41) is 13.5. The Morgan fingerprint density at radius 1 is 1.06 bits per heavy atom. The summed E-state index contributed by atoms with van der Waals surface area (Å²) in [6, 6.07) is 5.37. The van der Waals surface area contributed by atoms with Crippen LogP contribution in [-0.4, -0.2) is 47.9 Å². The molecule has 0 atom stereocenters. The van der Waals surface area contributed by atoms with Crippen LogP contribution in [0.25, 0.3) is 0 Å². The molecule has 2 aromatic heterocycles. The molecule has 0 spiro atoms. The summed E-state index contributed by atoms with van der Waals surface area (Å²) in [6.45, 7) is 7.64. The van der Waals surface area contributed by atoms with E-state index in [1.165, 1.54) is 6.26 Å². The number of hydrogen-bond acceptors (Lipinski definition) is 8. The molecule has 164 valence electrons.